The van der Waals surface area contributed by atoms with Crippen LogP contribution >= 0.6 is 23.2 Å². The topological polar surface area (TPSA) is 96.0 Å². The van der Waals surface area contributed by atoms with Crippen molar-refractivity contribution in [3.63, 3.8) is 0 Å². The van der Waals surface area contributed by atoms with E-state index in [9.17, 15) is 18.0 Å². The zero-order chi connectivity index (χ0) is 27.0. The van der Waals surface area contributed by atoms with Gasteiger partial charge in [-0.1, -0.05) is 55.2 Å². The molecule has 0 bridgehead atoms. The number of para-hydroxylation sites is 2. The standard InChI is InChI=1S/C25H33Cl2N3O5S/c1-6-17(3)28-25(32)21(7-2)29(15-18-19(26)11-10-12-20(18)27)24(31)16-30(36(5,33)34)22-13-8-9-14-23(22)35-4/h8-14,17,21H,6-7,15-16H2,1-5H3,(H,28,32)/t17-,21+/m0/s1. The number of rotatable bonds is 12. The van der Waals surface area contributed by atoms with Gasteiger partial charge in [0.15, 0.2) is 0 Å². The van der Waals surface area contributed by atoms with Gasteiger partial charge in [-0.3, -0.25) is 13.9 Å². The molecule has 0 aromatic heterocycles. The number of nitrogens with one attached hydrogen (secondary N) is 1. The first-order chi connectivity index (χ1) is 16.9. The van der Waals surface area contributed by atoms with E-state index >= 15 is 0 Å². The van der Waals surface area contributed by atoms with Crippen molar-refractivity contribution in [2.45, 2.75) is 52.2 Å². The molecule has 2 rings (SSSR count). The van der Waals surface area contributed by atoms with Gasteiger partial charge in [-0.15, -0.1) is 0 Å². The number of hydrogen-bond acceptors (Lipinski definition) is 5. The molecular formula is C25H33Cl2N3O5S. The van der Waals surface area contributed by atoms with Gasteiger partial charge in [0.25, 0.3) is 0 Å². The number of hydrogen-bond donors (Lipinski definition) is 1. The van der Waals surface area contributed by atoms with Gasteiger partial charge in [-0.05, 0) is 44.0 Å². The molecule has 0 saturated heterocycles. The Morgan fingerprint density at radius 3 is 2.17 bits per heavy atom. The Morgan fingerprint density at radius 2 is 1.64 bits per heavy atom. The third-order valence-corrected chi connectivity index (χ3v) is 7.64. The van der Waals surface area contributed by atoms with Crippen molar-refractivity contribution in [1.82, 2.24) is 10.2 Å². The van der Waals surface area contributed by atoms with E-state index in [1.807, 2.05) is 13.8 Å². The van der Waals surface area contributed by atoms with Crippen LogP contribution < -0.4 is 14.4 Å². The number of ether oxygens (including phenoxy) is 1. The number of halogens is 2. The summed E-state index contributed by atoms with van der Waals surface area (Å²) in [5, 5.41) is 3.58. The van der Waals surface area contributed by atoms with Crippen LogP contribution in [0.25, 0.3) is 0 Å². The highest BCUT2D eigenvalue weighted by Gasteiger charge is 2.33. The van der Waals surface area contributed by atoms with E-state index in [-0.39, 0.29) is 29.9 Å². The SMILES string of the molecule is CC[C@H](C(=O)N[C@@H](C)CC)N(Cc1c(Cl)cccc1Cl)C(=O)CN(c1ccccc1OC)S(C)(=O)=O. The zero-order valence-electron chi connectivity index (χ0n) is 21.1. The number of benzene rings is 2. The Kier molecular flexibility index (Phi) is 10.9. The maximum atomic E-state index is 13.8. The molecule has 0 fully saturated rings. The molecule has 11 heteroatoms. The molecule has 2 amide bonds. The summed E-state index contributed by atoms with van der Waals surface area (Å²) in [7, 11) is -2.47. The lowest BCUT2D eigenvalue weighted by Crippen LogP contribution is -2.53. The molecule has 0 unspecified atom stereocenters. The van der Waals surface area contributed by atoms with Crippen LogP contribution in [0.3, 0.4) is 0 Å². The molecule has 198 valence electrons. The Labute approximate surface area is 223 Å². The van der Waals surface area contributed by atoms with E-state index in [4.69, 9.17) is 27.9 Å². The fourth-order valence-electron chi connectivity index (χ4n) is 3.64. The van der Waals surface area contributed by atoms with Crippen molar-refractivity contribution in [2.75, 3.05) is 24.2 Å². The van der Waals surface area contributed by atoms with Crippen molar-refractivity contribution in [2.24, 2.45) is 0 Å². The summed E-state index contributed by atoms with van der Waals surface area (Å²) in [5.74, 6) is -0.641. The summed E-state index contributed by atoms with van der Waals surface area (Å²) in [6.07, 6.45) is 2.01. The largest absolute Gasteiger partial charge is 0.495 e. The molecule has 2 aromatic rings. The summed E-state index contributed by atoms with van der Waals surface area (Å²) < 4.78 is 31.8. The Balaban J connectivity index is 2.54. The van der Waals surface area contributed by atoms with E-state index in [0.29, 0.717) is 28.5 Å². The van der Waals surface area contributed by atoms with Crippen molar-refractivity contribution in [1.29, 1.82) is 0 Å². The smallest absolute Gasteiger partial charge is 0.244 e. The van der Waals surface area contributed by atoms with E-state index < -0.39 is 28.5 Å². The summed E-state index contributed by atoms with van der Waals surface area (Å²) >= 11 is 12.8. The van der Waals surface area contributed by atoms with E-state index in [2.05, 4.69) is 5.32 Å². The predicted octanol–water partition coefficient (Wildman–Crippen LogP) is 4.49. The van der Waals surface area contributed by atoms with Crippen molar-refractivity contribution in [3.05, 3.63) is 58.1 Å². The lowest BCUT2D eigenvalue weighted by molar-refractivity contribution is -0.140. The Bertz CT molecular complexity index is 1160. The summed E-state index contributed by atoms with van der Waals surface area (Å²) in [4.78, 5) is 28.3. The maximum Gasteiger partial charge on any atom is 0.244 e. The molecule has 2 atom stereocenters. The monoisotopic (exact) mass is 557 g/mol. The molecule has 0 aliphatic carbocycles. The van der Waals surface area contributed by atoms with Crippen molar-refractivity contribution < 1.29 is 22.7 Å². The number of carbonyl (C=O) groups excluding carboxylic acids is 2. The second kappa shape index (κ2) is 13.2. The third kappa shape index (κ3) is 7.51. The molecule has 0 radical (unpaired) electrons. The molecule has 8 nitrogen and oxygen atoms in total. The highest BCUT2D eigenvalue weighted by Crippen LogP contribution is 2.31. The van der Waals surface area contributed by atoms with Crippen LogP contribution in [0.15, 0.2) is 42.5 Å². The average Bonchev–Trinajstić information content (AvgIpc) is 2.83. The summed E-state index contributed by atoms with van der Waals surface area (Å²) in [6, 6.07) is 10.5. The number of amides is 2. The van der Waals surface area contributed by atoms with Gasteiger partial charge in [0.2, 0.25) is 21.8 Å². The quantitative estimate of drug-likeness (QED) is 0.414. The van der Waals surface area contributed by atoms with Gasteiger partial charge in [-0.25, -0.2) is 8.42 Å². The van der Waals surface area contributed by atoms with Gasteiger partial charge in [0.1, 0.15) is 18.3 Å². The number of anilines is 1. The second-order valence-corrected chi connectivity index (χ2v) is 11.1. The molecule has 0 saturated carbocycles. The van der Waals surface area contributed by atoms with Crippen LogP contribution in [0.5, 0.6) is 5.75 Å². The van der Waals surface area contributed by atoms with Gasteiger partial charge in [0.05, 0.1) is 19.1 Å². The number of carbonyl (C=O) groups is 2. The average molecular weight is 559 g/mol. The van der Waals surface area contributed by atoms with Crippen LogP contribution in [0.4, 0.5) is 5.69 Å². The normalized spacial score (nSPS) is 13.0. The highest BCUT2D eigenvalue weighted by atomic mass is 35.5. The third-order valence-electron chi connectivity index (χ3n) is 5.81. The molecule has 0 heterocycles. The van der Waals surface area contributed by atoms with Crippen molar-refractivity contribution in [3.8, 4) is 5.75 Å². The van der Waals surface area contributed by atoms with E-state index in [0.717, 1.165) is 10.6 Å². The number of sulfonamides is 1. The fraction of sp³-hybridized carbons (Fsp3) is 0.440. The van der Waals surface area contributed by atoms with Crippen LogP contribution in [0, 0.1) is 0 Å². The highest BCUT2D eigenvalue weighted by molar-refractivity contribution is 7.92. The first kappa shape index (κ1) is 29.7. The number of methoxy groups -OCH3 is 1. The first-order valence-electron chi connectivity index (χ1n) is 11.6. The minimum Gasteiger partial charge on any atom is -0.495 e. The minimum atomic E-state index is -3.89. The minimum absolute atomic E-state index is 0.0761. The lowest BCUT2D eigenvalue weighted by Gasteiger charge is -2.34. The maximum absolute atomic E-state index is 13.8. The predicted molar refractivity (Wildman–Crippen MR) is 144 cm³/mol. The van der Waals surface area contributed by atoms with Gasteiger partial charge in [0, 0.05) is 28.2 Å². The zero-order valence-corrected chi connectivity index (χ0v) is 23.5. The van der Waals surface area contributed by atoms with Crippen LogP contribution in [-0.4, -0.2) is 57.1 Å². The molecule has 0 spiro atoms. The first-order valence-corrected chi connectivity index (χ1v) is 14.2. The Morgan fingerprint density at radius 1 is 1.03 bits per heavy atom. The van der Waals surface area contributed by atoms with E-state index in [1.165, 1.54) is 12.0 Å². The summed E-state index contributed by atoms with van der Waals surface area (Å²) in [5.41, 5.74) is 0.677. The van der Waals surface area contributed by atoms with Crippen molar-refractivity contribution >= 4 is 50.7 Å². The fourth-order valence-corrected chi connectivity index (χ4v) is 5.01. The molecular weight excluding hydrogens is 525 g/mol. The molecule has 36 heavy (non-hydrogen) atoms. The Hall–Kier alpha value is -2.49. The van der Waals surface area contributed by atoms with Crippen LogP contribution in [0.1, 0.15) is 39.2 Å². The van der Waals surface area contributed by atoms with Gasteiger partial charge < -0.3 is 15.0 Å². The van der Waals surface area contributed by atoms with Crippen LogP contribution in [0.2, 0.25) is 10.0 Å². The summed E-state index contributed by atoms with van der Waals surface area (Å²) in [6.45, 7) is 4.97. The van der Waals surface area contributed by atoms with E-state index in [1.54, 1.807) is 49.4 Å². The lowest BCUT2D eigenvalue weighted by atomic mass is 10.1. The molecule has 1 N–H and O–H groups in total. The molecule has 0 aliphatic rings. The number of nitrogens with zero attached hydrogens (tertiary/aromatic N) is 2. The molecule has 2 aromatic carbocycles. The van der Waals surface area contributed by atoms with Gasteiger partial charge >= 0.3 is 0 Å². The van der Waals surface area contributed by atoms with Gasteiger partial charge in [-0.2, -0.15) is 0 Å². The second-order valence-electron chi connectivity index (χ2n) is 8.41. The van der Waals surface area contributed by atoms with Crippen LogP contribution in [-0.2, 0) is 26.2 Å². The molecule has 0 aliphatic heterocycles.